The highest BCUT2D eigenvalue weighted by Crippen LogP contribution is 2.32. The predicted molar refractivity (Wildman–Crippen MR) is 127 cm³/mol. The minimum absolute atomic E-state index is 0.137. The highest BCUT2D eigenvalue weighted by atomic mass is 35.5. The number of halogens is 1. The van der Waals surface area contributed by atoms with Gasteiger partial charge in [0.25, 0.3) is 0 Å². The van der Waals surface area contributed by atoms with Gasteiger partial charge < -0.3 is 18.9 Å². The second kappa shape index (κ2) is 10.2. The minimum atomic E-state index is -0.561. The maximum Gasteiger partial charge on any atom is 0.363 e. The number of nitrogens with zero attached hydrogens (tertiary/aromatic N) is 1. The quantitative estimate of drug-likeness (QED) is 0.318. The summed E-state index contributed by atoms with van der Waals surface area (Å²) in [5, 5.41) is 0.481. The number of aliphatic imine (C=N–C) groups is 1. The summed E-state index contributed by atoms with van der Waals surface area (Å²) in [6, 6.07) is 20.3. The highest BCUT2D eigenvalue weighted by Gasteiger charge is 2.26. The average Bonchev–Trinajstić information content (AvgIpc) is 3.19. The van der Waals surface area contributed by atoms with Gasteiger partial charge in [0.05, 0.1) is 19.3 Å². The van der Waals surface area contributed by atoms with Crippen LogP contribution in [0.5, 0.6) is 17.2 Å². The molecule has 0 aliphatic carbocycles. The molecule has 6 nitrogen and oxygen atoms in total. The minimum Gasteiger partial charge on any atom is -0.496 e. The molecule has 0 unspecified atom stereocenters. The van der Waals surface area contributed by atoms with E-state index >= 15 is 0 Å². The van der Waals surface area contributed by atoms with Crippen LogP contribution in [0, 0.1) is 0 Å². The number of hydrogen-bond donors (Lipinski definition) is 0. The van der Waals surface area contributed by atoms with Gasteiger partial charge in [-0.25, -0.2) is 9.79 Å². The van der Waals surface area contributed by atoms with Crippen molar-refractivity contribution in [3.63, 3.8) is 0 Å². The summed E-state index contributed by atoms with van der Waals surface area (Å²) in [6.07, 6.45) is 1.63. The maximum atomic E-state index is 12.4. The Labute approximate surface area is 197 Å². The van der Waals surface area contributed by atoms with Gasteiger partial charge in [0.1, 0.15) is 12.4 Å². The van der Waals surface area contributed by atoms with Crippen molar-refractivity contribution in [1.82, 2.24) is 0 Å². The molecule has 0 atom stereocenters. The largest absolute Gasteiger partial charge is 0.496 e. The molecular formula is C26H22ClNO5. The van der Waals surface area contributed by atoms with Crippen LogP contribution in [-0.2, 0) is 16.1 Å². The van der Waals surface area contributed by atoms with E-state index in [0.29, 0.717) is 41.0 Å². The number of methoxy groups -OCH3 is 1. The van der Waals surface area contributed by atoms with Crippen molar-refractivity contribution in [1.29, 1.82) is 0 Å². The van der Waals surface area contributed by atoms with Crippen LogP contribution in [0.15, 0.2) is 77.4 Å². The molecule has 4 rings (SSSR count). The van der Waals surface area contributed by atoms with Gasteiger partial charge in [0.2, 0.25) is 5.90 Å². The molecule has 3 aromatic carbocycles. The SMILES string of the molecule is CCOc1cc(/C=C2\N=C(c3cc(Cl)ccc3OC)OC2=O)ccc1OCc1ccccc1. The van der Waals surface area contributed by atoms with Crippen LogP contribution in [0.25, 0.3) is 6.08 Å². The molecule has 1 aliphatic heterocycles. The topological polar surface area (TPSA) is 66.3 Å². The lowest BCUT2D eigenvalue weighted by Gasteiger charge is -2.12. The van der Waals surface area contributed by atoms with E-state index in [4.69, 9.17) is 30.5 Å². The molecule has 0 spiro atoms. The number of rotatable bonds is 8. The van der Waals surface area contributed by atoms with Gasteiger partial charge in [-0.2, -0.15) is 0 Å². The van der Waals surface area contributed by atoms with E-state index in [9.17, 15) is 4.79 Å². The first-order valence-corrected chi connectivity index (χ1v) is 10.7. The molecule has 0 saturated carbocycles. The number of esters is 1. The van der Waals surface area contributed by atoms with Crippen molar-refractivity contribution in [2.45, 2.75) is 13.5 Å². The third-order valence-corrected chi connectivity index (χ3v) is 5.06. The fourth-order valence-electron chi connectivity index (χ4n) is 3.27. The third kappa shape index (κ3) is 5.35. The molecule has 7 heteroatoms. The van der Waals surface area contributed by atoms with Gasteiger partial charge in [-0.05, 0) is 54.5 Å². The Kier molecular flexibility index (Phi) is 6.95. The Morgan fingerprint density at radius 3 is 2.52 bits per heavy atom. The molecule has 0 radical (unpaired) electrons. The number of ether oxygens (including phenoxy) is 4. The van der Waals surface area contributed by atoms with Crippen molar-refractivity contribution in [3.8, 4) is 17.2 Å². The van der Waals surface area contributed by atoms with E-state index in [1.807, 2.05) is 49.4 Å². The molecule has 0 aromatic heterocycles. The van der Waals surface area contributed by atoms with Gasteiger partial charge in [0, 0.05) is 5.02 Å². The summed E-state index contributed by atoms with van der Waals surface area (Å²) in [6.45, 7) is 2.79. The zero-order valence-corrected chi connectivity index (χ0v) is 19.0. The molecule has 0 amide bonds. The second-order valence-corrected chi connectivity index (χ2v) is 7.53. The van der Waals surface area contributed by atoms with E-state index in [2.05, 4.69) is 4.99 Å². The molecule has 168 valence electrons. The predicted octanol–water partition coefficient (Wildman–Crippen LogP) is 5.67. The summed E-state index contributed by atoms with van der Waals surface area (Å²) < 4.78 is 22.4. The first-order valence-electron chi connectivity index (χ1n) is 10.4. The monoisotopic (exact) mass is 463 g/mol. The van der Waals surface area contributed by atoms with Crippen LogP contribution in [0.2, 0.25) is 5.02 Å². The maximum absolute atomic E-state index is 12.4. The molecule has 0 fully saturated rings. The van der Waals surface area contributed by atoms with Crippen LogP contribution < -0.4 is 14.2 Å². The lowest BCUT2D eigenvalue weighted by molar-refractivity contribution is -0.129. The molecule has 1 heterocycles. The van der Waals surface area contributed by atoms with Crippen LogP contribution >= 0.6 is 11.6 Å². The number of benzene rings is 3. The standard InChI is InChI=1S/C26H22ClNO5/c1-3-31-24-14-18(9-11-23(24)32-16-17-7-5-4-6-8-17)13-21-26(29)33-25(28-21)20-15-19(27)10-12-22(20)30-2/h4-15H,3,16H2,1-2H3/b21-13-. The molecule has 33 heavy (non-hydrogen) atoms. The van der Waals surface area contributed by atoms with Gasteiger partial charge in [-0.3, -0.25) is 0 Å². The zero-order valence-electron chi connectivity index (χ0n) is 18.2. The molecule has 3 aromatic rings. The number of cyclic esters (lactones) is 1. The fourth-order valence-corrected chi connectivity index (χ4v) is 3.44. The van der Waals surface area contributed by atoms with E-state index in [-0.39, 0.29) is 11.6 Å². The van der Waals surface area contributed by atoms with Gasteiger partial charge in [0.15, 0.2) is 17.2 Å². The molecule has 0 saturated heterocycles. The third-order valence-electron chi connectivity index (χ3n) is 4.82. The van der Waals surface area contributed by atoms with Crippen molar-refractivity contribution < 1.29 is 23.7 Å². The van der Waals surface area contributed by atoms with Crippen LogP contribution in [0.1, 0.15) is 23.6 Å². The van der Waals surface area contributed by atoms with Crippen molar-refractivity contribution in [2.24, 2.45) is 4.99 Å². The lowest BCUT2D eigenvalue weighted by atomic mass is 10.1. The van der Waals surface area contributed by atoms with Gasteiger partial charge >= 0.3 is 5.97 Å². The molecular weight excluding hydrogens is 442 g/mol. The summed E-state index contributed by atoms with van der Waals surface area (Å²) in [5.41, 5.74) is 2.44. The number of carbonyl (C=O) groups excluding carboxylic acids is 1. The summed E-state index contributed by atoms with van der Waals surface area (Å²) in [7, 11) is 1.53. The van der Waals surface area contributed by atoms with E-state index < -0.39 is 5.97 Å². The van der Waals surface area contributed by atoms with Crippen molar-refractivity contribution in [3.05, 3.63) is 94.1 Å². The van der Waals surface area contributed by atoms with Crippen LogP contribution in [-0.4, -0.2) is 25.6 Å². The average molecular weight is 464 g/mol. The highest BCUT2D eigenvalue weighted by molar-refractivity contribution is 6.31. The Morgan fingerprint density at radius 1 is 0.970 bits per heavy atom. The summed E-state index contributed by atoms with van der Waals surface area (Å²) >= 11 is 6.09. The van der Waals surface area contributed by atoms with Crippen LogP contribution in [0.4, 0.5) is 0 Å². The van der Waals surface area contributed by atoms with Gasteiger partial charge in [-0.1, -0.05) is 48.0 Å². The Bertz CT molecular complexity index is 1220. The van der Waals surface area contributed by atoms with Gasteiger partial charge in [-0.15, -0.1) is 0 Å². The summed E-state index contributed by atoms with van der Waals surface area (Å²) in [4.78, 5) is 16.8. The Balaban J connectivity index is 1.59. The summed E-state index contributed by atoms with van der Waals surface area (Å²) in [5.74, 6) is 1.28. The number of carbonyl (C=O) groups is 1. The van der Waals surface area contributed by atoms with Crippen LogP contribution in [0.3, 0.4) is 0 Å². The van der Waals surface area contributed by atoms with E-state index in [1.165, 1.54) is 7.11 Å². The zero-order chi connectivity index (χ0) is 23.2. The Morgan fingerprint density at radius 2 is 1.76 bits per heavy atom. The smallest absolute Gasteiger partial charge is 0.363 e. The van der Waals surface area contributed by atoms with E-state index in [0.717, 1.165) is 11.1 Å². The molecule has 0 N–H and O–H groups in total. The molecule has 0 bridgehead atoms. The van der Waals surface area contributed by atoms with Crippen molar-refractivity contribution >= 4 is 29.5 Å². The molecule has 1 aliphatic rings. The van der Waals surface area contributed by atoms with E-state index in [1.54, 1.807) is 30.3 Å². The van der Waals surface area contributed by atoms with Crippen molar-refractivity contribution in [2.75, 3.05) is 13.7 Å². The fraction of sp³-hybridized carbons (Fsp3) is 0.154. The second-order valence-electron chi connectivity index (χ2n) is 7.09. The first kappa shape index (κ1) is 22.4. The number of hydrogen-bond acceptors (Lipinski definition) is 6. The first-order chi connectivity index (χ1) is 16.1. The normalized spacial score (nSPS) is 14.1. The lowest BCUT2D eigenvalue weighted by Crippen LogP contribution is -2.07. The Hall–Kier alpha value is -3.77.